The summed E-state index contributed by atoms with van der Waals surface area (Å²) in [5.74, 6) is 0.263. The quantitative estimate of drug-likeness (QED) is 0.845. The van der Waals surface area contributed by atoms with Crippen LogP contribution in [-0.2, 0) is 11.2 Å². The molecule has 1 N–H and O–H groups in total. The molecule has 1 amide bonds. The van der Waals surface area contributed by atoms with Gasteiger partial charge in [0.1, 0.15) is 0 Å². The topological polar surface area (TPSA) is 32.3 Å². The van der Waals surface area contributed by atoms with Gasteiger partial charge in [-0.05, 0) is 30.9 Å². The van der Waals surface area contributed by atoms with E-state index in [0.717, 1.165) is 19.6 Å². The lowest BCUT2D eigenvalue weighted by molar-refractivity contribution is -0.133. The second-order valence-corrected chi connectivity index (χ2v) is 5.34. The van der Waals surface area contributed by atoms with Gasteiger partial charge in [-0.15, -0.1) is 11.3 Å². The summed E-state index contributed by atoms with van der Waals surface area (Å²) in [6.07, 6.45) is 0.563. The average molecular weight is 238 g/mol. The van der Waals surface area contributed by atoms with E-state index in [4.69, 9.17) is 0 Å². The summed E-state index contributed by atoms with van der Waals surface area (Å²) >= 11 is 1.68. The molecule has 0 aliphatic carbocycles. The Kier molecular flexibility index (Phi) is 3.61. The molecule has 0 radical (unpaired) electrons. The van der Waals surface area contributed by atoms with Crippen molar-refractivity contribution in [3.05, 3.63) is 21.9 Å². The Hall–Kier alpha value is -0.870. The smallest absolute Gasteiger partial charge is 0.228 e. The number of amides is 1. The van der Waals surface area contributed by atoms with E-state index in [1.807, 2.05) is 4.90 Å². The fourth-order valence-corrected chi connectivity index (χ4v) is 2.93. The minimum Gasteiger partial charge on any atom is -0.337 e. The van der Waals surface area contributed by atoms with Crippen LogP contribution in [0.4, 0.5) is 0 Å². The van der Waals surface area contributed by atoms with E-state index < -0.39 is 0 Å². The molecule has 88 valence electrons. The van der Waals surface area contributed by atoms with E-state index in [9.17, 15) is 4.79 Å². The highest BCUT2D eigenvalue weighted by Gasteiger charge is 2.23. The van der Waals surface area contributed by atoms with Crippen molar-refractivity contribution in [3.8, 4) is 0 Å². The van der Waals surface area contributed by atoms with Crippen LogP contribution in [0.3, 0.4) is 0 Å². The van der Waals surface area contributed by atoms with E-state index in [1.165, 1.54) is 10.4 Å². The number of nitrogens with zero attached hydrogens (tertiary/aromatic N) is 1. The summed E-state index contributed by atoms with van der Waals surface area (Å²) < 4.78 is 0. The Morgan fingerprint density at radius 3 is 3.12 bits per heavy atom. The molecule has 2 heterocycles. The van der Waals surface area contributed by atoms with Gasteiger partial charge in [-0.2, -0.15) is 0 Å². The van der Waals surface area contributed by atoms with Gasteiger partial charge in [0.05, 0.1) is 6.42 Å². The Bertz CT molecular complexity index is 375. The predicted molar refractivity (Wildman–Crippen MR) is 66.8 cm³/mol. The Morgan fingerprint density at radius 2 is 2.50 bits per heavy atom. The molecule has 1 aliphatic rings. The van der Waals surface area contributed by atoms with E-state index in [1.54, 1.807) is 11.3 Å². The van der Waals surface area contributed by atoms with E-state index in [-0.39, 0.29) is 5.91 Å². The number of thiophene rings is 1. The zero-order valence-corrected chi connectivity index (χ0v) is 10.6. The van der Waals surface area contributed by atoms with Crippen LogP contribution in [0, 0.1) is 6.92 Å². The molecule has 16 heavy (non-hydrogen) atoms. The molecule has 0 bridgehead atoms. The summed E-state index contributed by atoms with van der Waals surface area (Å²) in [5, 5.41) is 5.35. The fraction of sp³-hybridized carbons (Fsp3) is 0.583. The van der Waals surface area contributed by atoms with Crippen molar-refractivity contribution in [2.45, 2.75) is 26.3 Å². The molecule has 2 rings (SSSR count). The van der Waals surface area contributed by atoms with Crippen molar-refractivity contribution in [2.75, 3.05) is 19.6 Å². The first-order valence-electron chi connectivity index (χ1n) is 5.71. The number of carbonyl (C=O) groups is 1. The fourth-order valence-electron chi connectivity index (χ4n) is 2.04. The van der Waals surface area contributed by atoms with Gasteiger partial charge in [0, 0.05) is 30.6 Å². The number of rotatable bonds is 2. The molecule has 1 aliphatic heterocycles. The summed E-state index contributed by atoms with van der Waals surface area (Å²) in [4.78, 5) is 15.3. The van der Waals surface area contributed by atoms with Gasteiger partial charge >= 0.3 is 0 Å². The summed E-state index contributed by atoms with van der Waals surface area (Å²) in [7, 11) is 0. The van der Waals surface area contributed by atoms with Crippen LogP contribution in [0.15, 0.2) is 11.4 Å². The van der Waals surface area contributed by atoms with Crippen molar-refractivity contribution < 1.29 is 4.79 Å². The van der Waals surface area contributed by atoms with Gasteiger partial charge < -0.3 is 10.2 Å². The minimum absolute atomic E-state index is 0.263. The molecule has 3 nitrogen and oxygen atoms in total. The van der Waals surface area contributed by atoms with Crippen LogP contribution < -0.4 is 5.32 Å². The molecule has 1 unspecified atom stereocenters. The Labute approximate surface area is 100 Å². The third-order valence-corrected chi connectivity index (χ3v) is 4.12. The molecular weight excluding hydrogens is 220 g/mol. The highest BCUT2D eigenvalue weighted by molar-refractivity contribution is 7.10. The van der Waals surface area contributed by atoms with Gasteiger partial charge in [-0.1, -0.05) is 0 Å². The van der Waals surface area contributed by atoms with Gasteiger partial charge in [-0.25, -0.2) is 0 Å². The summed E-state index contributed by atoms with van der Waals surface area (Å²) in [5.41, 5.74) is 1.24. The summed E-state index contributed by atoms with van der Waals surface area (Å²) in [6.45, 7) is 6.84. The van der Waals surface area contributed by atoms with Crippen LogP contribution >= 0.6 is 11.3 Å². The zero-order valence-electron chi connectivity index (χ0n) is 9.82. The summed E-state index contributed by atoms with van der Waals surface area (Å²) in [6, 6.07) is 2.40. The van der Waals surface area contributed by atoms with Crippen molar-refractivity contribution in [1.29, 1.82) is 0 Å². The highest BCUT2D eigenvalue weighted by atomic mass is 32.1. The standard InChI is InChI=1S/C12H18N2OS/c1-9-3-6-16-11(9)7-12(15)14-5-4-13-8-10(14)2/h3,6,10,13H,4-5,7-8H2,1-2H3. The molecule has 0 saturated carbocycles. The normalized spacial score (nSPS) is 21.1. The lowest BCUT2D eigenvalue weighted by Gasteiger charge is -2.34. The highest BCUT2D eigenvalue weighted by Crippen LogP contribution is 2.17. The van der Waals surface area contributed by atoms with Crippen molar-refractivity contribution in [1.82, 2.24) is 10.2 Å². The molecule has 0 spiro atoms. The monoisotopic (exact) mass is 238 g/mol. The number of aryl methyl sites for hydroxylation is 1. The molecule has 1 aromatic heterocycles. The SMILES string of the molecule is Cc1ccsc1CC(=O)N1CCNCC1C. The number of hydrogen-bond acceptors (Lipinski definition) is 3. The Morgan fingerprint density at radius 1 is 1.69 bits per heavy atom. The maximum atomic E-state index is 12.1. The first-order chi connectivity index (χ1) is 7.68. The van der Waals surface area contributed by atoms with E-state index in [0.29, 0.717) is 12.5 Å². The lowest BCUT2D eigenvalue weighted by Crippen LogP contribution is -2.52. The molecule has 1 fully saturated rings. The number of nitrogens with one attached hydrogen (secondary N) is 1. The molecule has 1 aromatic rings. The minimum atomic E-state index is 0.263. The van der Waals surface area contributed by atoms with E-state index in [2.05, 4.69) is 30.6 Å². The maximum Gasteiger partial charge on any atom is 0.228 e. The molecule has 1 saturated heterocycles. The third kappa shape index (κ3) is 2.44. The zero-order chi connectivity index (χ0) is 11.5. The van der Waals surface area contributed by atoms with Crippen LogP contribution in [-0.4, -0.2) is 36.5 Å². The van der Waals surface area contributed by atoms with Gasteiger partial charge in [-0.3, -0.25) is 4.79 Å². The van der Waals surface area contributed by atoms with Crippen molar-refractivity contribution in [3.63, 3.8) is 0 Å². The van der Waals surface area contributed by atoms with Crippen LogP contribution in [0.5, 0.6) is 0 Å². The molecule has 4 heteroatoms. The van der Waals surface area contributed by atoms with Crippen LogP contribution in [0.2, 0.25) is 0 Å². The number of piperazine rings is 1. The first kappa shape index (κ1) is 11.6. The van der Waals surface area contributed by atoms with Gasteiger partial charge in [0.2, 0.25) is 5.91 Å². The van der Waals surface area contributed by atoms with Crippen LogP contribution in [0.1, 0.15) is 17.4 Å². The van der Waals surface area contributed by atoms with Gasteiger partial charge in [0.25, 0.3) is 0 Å². The molecule has 1 atom stereocenters. The predicted octanol–water partition coefficient (Wildman–Crippen LogP) is 1.42. The second-order valence-electron chi connectivity index (χ2n) is 4.34. The first-order valence-corrected chi connectivity index (χ1v) is 6.59. The number of hydrogen-bond donors (Lipinski definition) is 1. The second kappa shape index (κ2) is 4.97. The van der Waals surface area contributed by atoms with E-state index >= 15 is 0 Å². The average Bonchev–Trinajstić information content (AvgIpc) is 2.65. The maximum absolute atomic E-state index is 12.1. The van der Waals surface area contributed by atoms with Crippen LogP contribution in [0.25, 0.3) is 0 Å². The van der Waals surface area contributed by atoms with Crippen molar-refractivity contribution in [2.24, 2.45) is 0 Å². The largest absolute Gasteiger partial charge is 0.337 e. The number of carbonyl (C=O) groups excluding carboxylic acids is 1. The van der Waals surface area contributed by atoms with Gasteiger partial charge in [0.15, 0.2) is 0 Å². The Balaban J connectivity index is 2.00. The van der Waals surface area contributed by atoms with Crippen molar-refractivity contribution >= 4 is 17.2 Å². The molecule has 0 aromatic carbocycles. The third-order valence-electron chi connectivity index (χ3n) is 3.10. The molecular formula is C12H18N2OS. The lowest BCUT2D eigenvalue weighted by atomic mass is 10.1.